The molecule has 5 rings (SSSR count). The summed E-state index contributed by atoms with van der Waals surface area (Å²) in [6.45, 7) is 1.93. The summed E-state index contributed by atoms with van der Waals surface area (Å²) in [6, 6.07) is 23.0. The van der Waals surface area contributed by atoms with Crippen molar-refractivity contribution < 1.29 is 4.79 Å². The summed E-state index contributed by atoms with van der Waals surface area (Å²) in [5.41, 5.74) is 4.79. The molecule has 7 heteroatoms. The molecule has 0 aliphatic heterocycles. The number of fused-ring (bicyclic) bond motifs is 1. The van der Waals surface area contributed by atoms with Crippen molar-refractivity contribution in [2.75, 3.05) is 5.32 Å². The van der Waals surface area contributed by atoms with Gasteiger partial charge in [0.25, 0.3) is 5.91 Å². The molecular weight excluding hydrogens is 394 g/mol. The van der Waals surface area contributed by atoms with Crippen molar-refractivity contribution in [2.24, 2.45) is 0 Å². The lowest BCUT2D eigenvalue weighted by Crippen LogP contribution is -2.13. The minimum Gasteiger partial charge on any atom is -0.322 e. The lowest BCUT2D eigenvalue weighted by molar-refractivity contribution is 0.102. The summed E-state index contributed by atoms with van der Waals surface area (Å²) < 4.78 is 1.76. The van der Waals surface area contributed by atoms with Gasteiger partial charge in [0, 0.05) is 16.8 Å². The SMILES string of the molecule is Cc1ccccc1C(=O)Nc1ccc(-c2ccc3nnc(-c4cccs4)n3n2)cc1. The van der Waals surface area contributed by atoms with Gasteiger partial charge in [0.1, 0.15) is 0 Å². The summed E-state index contributed by atoms with van der Waals surface area (Å²) in [6.07, 6.45) is 0. The van der Waals surface area contributed by atoms with E-state index in [1.165, 1.54) is 0 Å². The van der Waals surface area contributed by atoms with Crippen LogP contribution >= 0.6 is 11.3 Å². The zero-order valence-corrected chi connectivity index (χ0v) is 16.9. The molecule has 6 nitrogen and oxygen atoms in total. The second-order valence-electron chi connectivity index (χ2n) is 6.84. The maximum atomic E-state index is 12.5. The Kier molecular flexibility index (Phi) is 4.57. The van der Waals surface area contributed by atoms with Gasteiger partial charge >= 0.3 is 0 Å². The van der Waals surface area contributed by atoms with Crippen LogP contribution < -0.4 is 5.32 Å². The molecule has 3 heterocycles. The highest BCUT2D eigenvalue weighted by Crippen LogP contribution is 2.25. The van der Waals surface area contributed by atoms with Crippen LogP contribution in [0.15, 0.2) is 78.2 Å². The van der Waals surface area contributed by atoms with E-state index in [4.69, 9.17) is 5.10 Å². The normalized spacial score (nSPS) is 11.0. The number of carbonyl (C=O) groups is 1. The van der Waals surface area contributed by atoms with E-state index in [1.807, 2.05) is 85.1 Å². The van der Waals surface area contributed by atoms with Gasteiger partial charge in [0.2, 0.25) is 0 Å². The predicted molar refractivity (Wildman–Crippen MR) is 119 cm³/mol. The zero-order valence-electron chi connectivity index (χ0n) is 16.1. The average molecular weight is 411 g/mol. The number of thiophene rings is 1. The van der Waals surface area contributed by atoms with Gasteiger partial charge in [-0.2, -0.15) is 9.61 Å². The molecule has 30 heavy (non-hydrogen) atoms. The van der Waals surface area contributed by atoms with E-state index in [0.717, 1.165) is 33.2 Å². The van der Waals surface area contributed by atoms with Gasteiger partial charge in [-0.15, -0.1) is 21.5 Å². The molecule has 1 N–H and O–H groups in total. The van der Waals surface area contributed by atoms with Crippen LogP contribution in [-0.4, -0.2) is 25.7 Å². The van der Waals surface area contributed by atoms with Crippen LogP contribution in [0.25, 0.3) is 27.6 Å². The smallest absolute Gasteiger partial charge is 0.255 e. The Labute approximate surface area is 176 Å². The van der Waals surface area contributed by atoms with E-state index in [9.17, 15) is 4.79 Å². The second-order valence-corrected chi connectivity index (χ2v) is 7.78. The quantitative estimate of drug-likeness (QED) is 0.448. The number of rotatable bonds is 4. The summed E-state index contributed by atoms with van der Waals surface area (Å²) in [7, 11) is 0. The number of nitrogens with zero attached hydrogens (tertiary/aromatic N) is 4. The first-order valence-corrected chi connectivity index (χ1v) is 10.3. The van der Waals surface area contributed by atoms with Crippen LogP contribution in [0.3, 0.4) is 0 Å². The molecule has 0 spiro atoms. The molecule has 146 valence electrons. The Balaban J connectivity index is 1.41. The summed E-state index contributed by atoms with van der Waals surface area (Å²) in [5, 5.41) is 18.1. The second kappa shape index (κ2) is 7.53. The van der Waals surface area contributed by atoms with Crippen LogP contribution in [0.5, 0.6) is 0 Å². The molecule has 0 aliphatic rings. The number of aromatic nitrogens is 4. The highest BCUT2D eigenvalue weighted by atomic mass is 32.1. The van der Waals surface area contributed by atoms with E-state index in [2.05, 4.69) is 15.5 Å². The number of benzene rings is 2. The van der Waals surface area contributed by atoms with Crippen LogP contribution in [0.2, 0.25) is 0 Å². The first kappa shape index (κ1) is 18.2. The Hall–Kier alpha value is -3.84. The third-order valence-corrected chi connectivity index (χ3v) is 5.70. The van der Waals surface area contributed by atoms with Crippen molar-refractivity contribution in [3.8, 4) is 22.0 Å². The minimum atomic E-state index is -0.120. The van der Waals surface area contributed by atoms with Crippen LogP contribution in [0.1, 0.15) is 15.9 Å². The molecule has 0 radical (unpaired) electrons. The van der Waals surface area contributed by atoms with Crippen molar-refractivity contribution in [2.45, 2.75) is 6.92 Å². The lowest BCUT2D eigenvalue weighted by atomic mass is 10.1. The molecule has 1 amide bonds. The van der Waals surface area contributed by atoms with E-state index in [0.29, 0.717) is 11.2 Å². The van der Waals surface area contributed by atoms with E-state index < -0.39 is 0 Å². The number of anilines is 1. The molecule has 0 aliphatic carbocycles. The highest BCUT2D eigenvalue weighted by molar-refractivity contribution is 7.13. The standard InChI is InChI=1S/C23H17N5OS/c1-15-5-2-3-6-18(15)23(29)24-17-10-8-16(9-11-17)19-12-13-21-25-26-22(28(21)27-19)20-7-4-14-30-20/h2-14H,1H3,(H,24,29). The topological polar surface area (TPSA) is 72.2 Å². The zero-order chi connectivity index (χ0) is 20.5. The molecule has 0 saturated carbocycles. The molecule has 0 atom stereocenters. The number of nitrogens with one attached hydrogen (secondary N) is 1. The van der Waals surface area contributed by atoms with E-state index >= 15 is 0 Å². The van der Waals surface area contributed by atoms with Crippen LogP contribution in [-0.2, 0) is 0 Å². The molecule has 0 saturated heterocycles. The lowest BCUT2D eigenvalue weighted by Gasteiger charge is -2.08. The number of hydrogen-bond acceptors (Lipinski definition) is 5. The van der Waals surface area contributed by atoms with Gasteiger partial charge in [-0.3, -0.25) is 4.79 Å². The van der Waals surface area contributed by atoms with Gasteiger partial charge in [0.05, 0.1) is 10.6 Å². The molecule has 0 bridgehead atoms. The summed E-state index contributed by atoms with van der Waals surface area (Å²) in [4.78, 5) is 13.5. The Bertz CT molecular complexity index is 1340. The highest BCUT2D eigenvalue weighted by Gasteiger charge is 2.12. The van der Waals surface area contributed by atoms with Gasteiger partial charge in [-0.1, -0.05) is 36.4 Å². The van der Waals surface area contributed by atoms with Crippen molar-refractivity contribution in [3.05, 3.63) is 89.3 Å². The van der Waals surface area contributed by atoms with Crippen LogP contribution in [0.4, 0.5) is 5.69 Å². The first-order valence-electron chi connectivity index (χ1n) is 9.43. The summed E-state index contributed by atoms with van der Waals surface area (Å²) >= 11 is 1.60. The van der Waals surface area contributed by atoms with Gasteiger partial charge in [-0.05, 0) is 54.3 Å². The molecule has 0 unspecified atom stereocenters. The number of aryl methyl sites for hydroxylation is 1. The third kappa shape index (κ3) is 3.35. The molecule has 5 aromatic rings. The third-order valence-electron chi connectivity index (χ3n) is 4.83. The predicted octanol–water partition coefficient (Wildman–Crippen LogP) is 5.08. The Morgan fingerprint density at radius 2 is 1.77 bits per heavy atom. The largest absolute Gasteiger partial charge is 0.322 e. The molecule has 2 aromatic carbocycles. The molecule has 0 fully saturated rings. The van der Waals surface area contributed by atoms with E-state index in [1.54, 1.807) is 15.9 Å². The average Bonchev–Trinajstić information content (AvgIpc) is 3.43. The van der Waals surface area contributed by atoms with E-state index in [-0.39, 0.29) is 5.91 Å². The molecule has 3 aromatic heterocycles. The summed E-state index contributed by atoms with van der Waals surface area (Å²) in [5.74, 6) is 0.606. The fraction of sp³-hybridized carbons (Fsp3) is 0.0435. The maximum absolute atomic E-state index is 12.5. The van der Waals surface area contributed by atoms with Crippen molar-refractivity contribution in [1.29, 1.82) is 0 Å². The van der Waals surface area contributed by atoms with Crippen molar-refractivity contribution in [1.82, 2.24) is 19.8 Å². The molecular formula is C23H17N5OS. The Morgan fingerprint density at radius 3 is 2.53 bits per heavy atom. The first-order chi connectivity index (χ1) is 14.7. The number of hydrogen-bond donors (Lipinski definition) is 1. The van der Waals surface area contributed by atoms with Crippen LogP contribution in [0, 0.1) is 6.92 Å². The monoisotopic (exact) mass is 411 g/mol. The van der Waals surface area contributed by atoms with Gasteiger partial charge in [0.15, 0.2) is 11.5 Å². The van der Waals surface area contributed by atoms with Gasteiger partial charge in [-0.25, -0.2) is 0 Å². The number of amides is 1. The minimum absolute atomic E-state index is 0.120. The Morgan fingerprint density at radius 1 is 0.933 bits per heavy atom. The fourth-order valence-electron chi connectivity index (χ4n) is 3.25. The van der Waals surface area contributed by atoms with Gasteiger partial charge < -0.3 is 5.32 Å². The van der Waals surface area contributed by atoms with Crippen molar-refractivity contribution >= 4 is 28.6 Å². The maximum Gasteiger partial charge on any atom is 0.255 e. The number of carbonyl (C=O) groups excluding carboxylic acids is 1. The van der Waals surface area contributed by atoms with Crippen molar-refractivity contribution in [3.63, 3.8) is 0 Å². The fourth-order valence-corrected chi connectivity index (χ4v) is 3.95.